The molecule has 2 aromatic carbocycles. The van der Waals surface area contributed by atoms with Gasteiger partial charge in [0.05, 0.1) is 29.7 Å². The summed E-state index contributed by atoms with van der Waals surface area (Å²) in [5.41, 5.74) is 4.05. The van der Waals surface area contributed by atoms with Gasteiger partial charge < -0.3 is 14.6 Å². The second-order valence-corrected chi connectivity index (χ2v) is 8.33. The molecule has 1 heterocycles. The predicted molar refractivity (Wildman–Crippen MR) is 128 cm³/mol. The third-order valence-electron chi connectivity index (χ3n) is 5.75. The first-order valence-electron chi connectivity index (χ1n) is 11.2. The minimum absolute atomic E-state index is 0.285. The van der Waals surface area contributed by atoms with Crippen molar-refractivity contribution in [2.24, 2.45) is 0 Å². The Balaban J connectivity index is 2.01. The Morgan fingerprint density at radius 2 is 1.75 bits per heavy atom. The van der Waals surface area contributed by atoms with E-state index in [9.17, 15) is 5.11 Å². The Hall–Kier alpha value is -2.67. The standard InChI is InChI=1S/C26H35N3O3/c1-6-20(3)28(16-23(30)18-31-5)17-25-21(4)27-29(22-10-8-7-9-11-22)26(25)32-24-14-12-19(2)13-15-24/h7-15,20,23,30H,6,16-18H2,1-5H3/t20-,23+/m1/s1. The third kappa shape index (κ3) is 5.97. The van der Waals surface area contributed by atoms with Crippen LogP contribution in [-0.4, -0.2) is 52.2 Å². The molecule has 6 heteroatoms. The molecule has 172 valence electrons. The van der Waals surface area contributed by atoms with Crippen molar-refractivity contribution in [1.82, 2.24) is 14.7 Å². The highest BCUT2D eigenvalue weighted by Gasteiger charge is 2.24. The van der Waals surface area contributed by atoms with E-state index < -0.39 is 6.10 Å². The first-order valence-corrected chi connectivity index (χ1v) is 11.2. The number of aryl methyl sites for hydroxylation is 2. The van der Waals surface area contributed by atoms with Gasteiger partial charge in [0, 0.05) is 26.2 Å². The molecule has 0 fully saturated rings. The average Bonchev–Trinajstić information content (AvgIpc) is 3.10. The van der Waals surface area contributed by atoms with Gasteiger partial charge in [-0.2, -0.15) is 5.10 Å². The quantitative estimate of drug-likeness (QED) is 0.463. The summed E-state index contributed by atoms with van der Waals surface area (Å²) in [5, 5.41) is 15.2. The van der Waals surface area contributed by atoms with Gasteiger partial charge in [-0.3, -0.25) is 4.90 Å². The zero-order chi connectivity index (χ0) is 23.1. The van der Waals surface area contributed by atoms with Gasteiger partial charge in [-0.05, 0) is 51.5 Å². The lowest BCUT2D eigenvalue weighted by Crippen LogP contribution is -2.40. The number of rotatable bonds is 11. The average molecular weight is 438 g/mol. The van der Waals surface area contributed by atoms with Crippen LogP contribution in [0.1, 0.15) is 37.1 Å². The molecule has 2 atom stereocenters. The molecule has 0 saturated heterocycles. The highest BCUT2D eigenvalue weighted by atomic mass is 16.5. The van der Waals surface area contributed by atoms with Crippen LogP contribution >= 0.6 is 0 Å². The molecule has 1 aromatic heterocycles. The minimum atomic E-state index is -0.556. The van der Waals surface area contributed by atoms with E-state index in [2.05, 4.69) is 25.7 Å². The minimum Gasteiger partial charge on any atom is -0.439 e. The van der Waals surface area contributed by atoms with Crippen LogP contribution in [0.4, 0.5) is 0 Å². The zero-order valence-corrected chi connectivity index (χ0v) is 19.8. The lowest BCUT2D eigenvalue weighted by molar-refractivity contribution is 0.0252. The SMILES string of the molecule is CC[C@@H](C)N(Cc1c(C)nn(-c2ccccc2)c1Oc1ccc(C)cc1)C[C@H](O)COC. The lowest BCUT2D eigenvalue weighted by atomic mass is 10.1. The summed E-state index contributed by atoms with van der Waals surface area (Å²) in [7, 11) is 1.61. The van der Waals surface area contributed by atoms with E-state index in [1.807, 2.05) is 66.2 Å². The maximum atomic E-state index is 10.4. The van der Waals surface area contributed by atoms with E-state index in [0.717, 1.165) is 29.1 Å². The first-order chi connectivity index (χ1) is 15.4. The lowest BCUT2D eigenvalue weighted by Gasteiger charge is -2.30. The van der Waals surface area contributed by atoms with Gasteiger partial charge in [0.2, 0.25) is 5.88 Å². The monoisotopic (exact) mass is 437 g/mol. The van der Waals surface area contributed by atoms with Gasteiger partial charge in [0.25, 0.3) is 0 Å². The van der Waals surface area contributed by atoms with Crippen LogP contribution in [0, 0.1) is 13.8 Å². The molecular formula is C26H35N3O3. The Bertz CT molecular complexity index is 970. The van der Waals surface area contributed by atoms with E-state index in [-0.39, 0.29) is 6.04 Å². The Kier molecular flexibility index (Phi) is 8.45. The molecular weight excluding hydrogens is 402 g/mol. The number of ether oxygens (including phenoxy) is 2. The number of aliphatic hydroxyl groups excluding tert-OH is 1. The van der Waals surface area contributed by atoms with Gasteiger partial charge in [-0.15, -0.1) is 0 Å². The second kappa shape index (κ2) is 11.3. The Labute approximate surface area is 191 Å². The van der Waals surface area contributed by atoms with Crippen LogP contribution in [0.2, 0.25) is 0 Å². The van der Waals surface area contributed by atoms with Crippen molar-refractivity contribution in [2.45, 2.75) is 52.8 Å². The normalized spacial score (nSPS) is 13.3. The molecule has 32 heavy (non-hydrogen) atoms. The molecule has 0 spiro atoms. The topological polar surface area (TPSA) is 59.8 Å². The van der Waals surface area contributed by atoms with E-state index in [1.54, 1.807) is 7.11 Å². The number of hydrogen-bond donors (Lipinski definition) is 1. The van der Waals surface area contributed by atoms with Gasteiger partial charge >= 0.3 is 0 Å². The number of aromatic nitrogens is 2. The zero-order valence-electron chi connectivity index (χ0n) is 19.8. The molecule has 0 bridgehead atoms. The van der Waals surface area contributed by atoms with Crippen LogP contribution in [0.5, 0.6) is 11.6 Å². The summed E-state index contributed by atoms with van der Waals surface area (Å²) in [4.78, 5) is 2.27. The fraction of sp³-hybridized carbons (Fsp3) is 0.423. The maximum Gasteiger partial charge on any atom is 0.227 e. The fourth-order valence-corrected chi connectivity index (χ4v) is 3.66. The molecule has 0 radical (unpaired) electrons. The molecule has 1 N–H and O–H groups in total. The molecule has 0 saturated carbocycles. The van der Waals surface area contributed by atoms with Crippen LogP contribution in [-0.2, 0) is 11.3 Å². The van der Waals surface area contributed by atoms with Crippen LogP contribution in [0.3, 0.4) is 0 Å². The highest BCUT2D eigenvalue weighted by molar-refractivity contribution is 5.43. The number of para-hydroxylation sites is 1. The second-order valence-electron chi connectivity index (χ2n) is 8.33. The van der Waals surface area contributed by atoms with Crippen molar-refractivity contribution in [3.05, 3.63) is 71.4 Å². The van der Waals surface area contributed by atoms with E-state index >= 15 is 0 Å². The highest BCUT2D eigenvalue weighted by Crippen LogP contribution is 2.32. The smallest absolute Gasteiger partial charge is 0.227 e. The molecule has 6 nitrogen and oxygen atoms in total. The molecule has 0 aliphatic rings. The van der Waals surface area contributed by atoms with Crippen molar-refractivity contribution in [1.29, 1.82) is 0 Å². The van der Waals surface area contributed by atoms with Crippen LogP contribution < -0.4 is 4.74 Å². The first kappa shape index (κ1) is 24.0. The van der Waals surface area contributed by atoms with Gasteiger partial charge in [-0.25, -0.2) is 4.68 Å². The van der Waals surface area contributed by atoms with Gasteiger partial charge in [0.1, 0.15) is 5.75 Å². The van der Waals surface area contributed by atoms with Crippen molar-refractivity contribution in [3.8, 4) is 17.3 Å². The van der Waals surface area contributed by atoms with Crippen LogP contribution in [0.25, 0.3) is 5.69 Å². The Morgan fingerprint density at radius 1 is 1.06 bits per heavy atom. The number of hydrogen-bond acceptors (Lipinski definition) is 5. The van der Waals surface area contributed by atoms with Gasteiger partial charge in [0.15, 0.2) is 0 Å². The van der Waals surface area contributed by atoms with Crippen molar-refractivity contribution < 1.29 is 14.6 Å². The Morgan fingerprint density at radius 3 is 2.38 bits per heavy atom. The summed E-state index contributed by atoms with van der Waals surface area (Å²) in [6.07, 6.45) is 0.416. The molecule has 3 rings (SSSR count). The van der Waals surface area contributed by atoms with E-state index in [1.165, 1.54) is 5.56 Å². The van der Waals surface area contributed by atoms with Crippen LogP contribution in [0.15, 0.2) is 54.6 Å². The fourth-order valence-electron chi connectivity index (χ4n) is 3.66. The van der Waals surface area contributed by atoms with E-state index in [0.29, 0.717) is 25.6 Å². The summed E-state index contributed by atoms with van der Waals surface area (Å²) < 4.78 is 13.4. The maximum absolute atomic E-state index is 10.4. The molecule has 0 unspecified atom stereocenters. The molecule has 0 aliphatic heterocycles. The van der Waals surface area contributed by atoms with Gasteiger partial charge in [-0.1, -0.05) is 42.8 Å². The molecule has 3 aromatic rings. The third-order valence-corrected chi connectivity index (χ3v) is 5.75. The van der Waals surface area contributed by atoms with E-state index in [4.69, 9.17) is 14.6 Å². The van der Waals surface area contributed by atoms with Crippen molar-refractivity contribution in [3.63, 3.8) is 0 Å². The predicted octanol–water partition coefficient (Wildman–Crippen LogP) is 4.89. The molecule has 0 aliphatic carbocycles. The summed E-state index contributed by atoms with van der Waals surface area (Å²) in [5.74, 6) is 1.47. The molecule has 0 amide bonds. The summed E-state index contributed by atoms with van der Waals surface area (Å²) in [6.45, 7) is 9.85. The summed E-state index contributed by atoms with van der Waals surface area (Å²) >= 11 is 0. The number of benzene rings is 2. The number of nitrogens with zero attached hydrogens (tertiary/aromatic N) is 3. The van der Waals surface area contributed by atoms with Crippen molar-refractivity contribution >= 4 is 0 Å². The largest absolute Gasteiger partial charge is 0.439 e. The number of methoxy groups -OCH3 is 1. The summed E-state index contributed by atoms with van der Waals surface area (Å²) in [6, 6.07) is 18.3. The van der Waals surface area contributed by atoms with Crippen molar-refractivity contribution in [2.75, 3.05) is 20.3 Å². The number of aliphatic hydroxyl groups is 1.